The highest BCUT2D eigenvalue weighted by Crippen LogP contribution is 2.12. The minimum Gasteiger partial charge on any atom is -0.396 e. The average Bonchev–Trinajstić information content (AvgIpc) is 2.54. The second-order valence-corrected chi connectivity index (χ2v) is 6.40. The molecule has 0 bridgehead atoms. The van der Waals surface area contributed by atoms with E-state index in [1.54, 1.807) is 0 Å². The first-order valence-corrected chi connectivity index (χ1v) is 9.84. The molecule has 22 heavy (non-hydrogen) atoms. The summed E-state index contributed by atoms with van der Waals surface area (Å²) in [5, 5.41) is 8.65. The van der Waals surface area contributed by atoms with Crippen LogP contribution in [0.1, 0.15) is 103 Å². The number of rotatable bonds is 17. The molecule has 0 aliphatic rings. The van der Waals surface area contributed by atoms with Crippen molar-refractivity contribution in [1.82, 2.24) is 0 Å². The second kappa shape index (κ2) is 20.4. The molecule has 0 unspecified atom stereocenters. The fourth-order valence-corrected chi connectivity index (χ4v) is 2.66. The lowest BCUT2D eigenvalue weighted by Gasteiger charge is -2.02. The van der Waals surface area contributed by atoms with Crippen LogP contribution in [0.5, 0.6) is 0 Å². The highest BCUT2D eigenvalue weighted by molar-refractivity contribution is 5.02. The molecular formula is C21H40O. The first-order chi connectivity index (χ1) is 10.9. The largest absolute Gasteiger partial charge is 0.396 e. The third kappa shape index (κ3) is 19.4. The Kier molecular flexibility index (Phi) is 19.9. The Hall–Kier alpha value is -0.560. The van der Waals surface area contributed by atoms with Crippen molar-refractivity contribution >= 4 is 0 Å². The molecule has 0 heterocycles. The molecule has 1 heteroatoms. The van der Waals surface area contributed by atoms with Crippen LogP contribution < -0.4 is 0 Å². The van der Waals surface area contributed by atoms with Crippen LogP contribution in [0.4, 0.5) is 0 Å². The first kappa shape index (κ1) is 21.4. The van der Waals surface area contributed by atoms with Gasteiger partial charge in [-0.15, -0.1) is 0 Å². The van der Waals surface area contributed by atoms with Gasteiger partial charge >= 0.3 is 0 Å². The average molecular weight is 309 g/mol. The highest BCUT2D eigenvalue weighted by Gasteiger charge is 1.92. The van der Waals surface area contributed by atoms with Crippen molar-refractivity contribution in [3.05, 3.63) is 24.3 Å². The quantitative estimate of drug-likeness (QED) is 0.227. The van der Waals surface area contributed by atoms with Crippen LogP contribution in [-0.2, 0) is 0 Å². The second-order valence-electron chi connectivity index (χ2n) is 6.40. The van der Waals surface area contributed by atoms with E-state index in [1.165, 1.54) is 83.5 Å². The molecule has 0 radical (unpaired) electrons. The summed E-state index contributed by atoms with van der Waals surface area (Å²) < 4.78 is 0. The van der Waals surface area contributed by atoms with E-state index in [-0.39, 0.29) is 0 Å². The maximum atomic E-state index is 8.65. The van der Waals surface area contributed by atoms with Gasteiger partial charge in [0.15, 0.2) is 0 Å². The number of aliphatic hydroxyl groups excluding tert-OH is 1. The highest BCUT2D eigenvalue weighted by atomic mass is 16.2. The number of hydrogen-bond acceptors (Lipinski definition) is 1. The maximum absolute atomic E-state index is 8.65. The lowest BCUT2D eigenvalue weighted by molar-refractivity contribution is 0.289. The van der Waals surface area contributed by atoms with E-state index in [2.05, 4.69) is 31.2 Å². The van der Waals surface area contributed by atoms with E-state index in [4.69, 9.17) is 5.11 Å². The van der Waals surface area contributed by atoms with Crippen LogP contribution >= 0.6 is 0 Å². The molecule has 0 aliphatic carbocycles. The van der Waals surface area contributed by atoms with Gasteiger partial charge in [0.2, 0.25) is 0 Å². The summed E-state index contributed by atoms with van der Waals surface area (Å²) in [7, 11) is 0. The summed E-state index contributed by atoms with van der Waals surface area (Å²) in [4.78, 5) is 0. The molecule has 0 saturated carbocycles. The van der Waals surface area contributed by atoms with Crippen molar-refractivity contribution < 1.29 is 5.11 Å². The molecule has 0 saturated heterocycles. The zero-order valence-corrected chi connectivity index (χ0v) is 15.1. The predicted molar refractivity (Wildman–Crippen MR) is 100 cm³/mol. The summed E-state index contributed by atoms with van der Waals surface area (Å²) in [6.45, 7) is 2.58. The molecule has 1 nitrogen and oxygen atoms in total. The van der Waals surface area contributed by atoms with Crippen molar-refractivity contribution in [2.45, 2.75) is 103 Å². The van der Waals surface area contributed by atoms with Gasteiger partial charge in [-0.2, -0.15) is 0 Å². The predicted octanol–water partition coefficient (Wildman–Crippen LogP) is 6.96. The van der Waals surface area contributed by atoms with Crippen molar-refractivity contribution in [3.8, 4) is 0 Å². The van der Waals surface area contributed by atoms with Gasteiger partial charge in [0, 0.05) is 6.61 Å². The normalized spacial score (nSPS) is 11.9. The molecule has 1 N–H and O–H groups in total. The van der Waals surface area contributed by atoms with Gasteiger partial charge in [0.05, 0.1) is 0 Å². The third-order valence-electron chi connectivity index (χ3n) is 4.14. The lowest BCUT2D eigenvalue weighted by Crippen LogP contribution is -1.82. The van der Waals surface area contributed by atoms with Crippen LogP contribution in [0.25, 0.3) is 0 Å². The summed E-state index contributed by atoms with van der Waals surface area (Å²) in [6, 6.07) is 0. The summed E-state index contributed by atoms with van der Waals surface area (Å²) >= 11 is 0. The number of hydrogen-bond donors (Lipinski definition) is 1. The van der Waals surface area contributed by atoms with Crippen LogP contribution in [0.15, 0.2) is 24.3 Å². The Balaban J connectivity index is 3.08. The Morgan fingerprint density at radius 1 is 0.545 bits per heavy atom. The minimum atomic E-state index is 0.299. The number of allylic oxidation sites excluding steroid dienone is 4. The lowest BCUT2D eigenvalue weighted by atomic mass is 10.0. The molecule has 0 rings (SSSR count). The third-order valence-corrected chi connectivity index (χ3v) is 4.14. The molecule has 0 atom stereocenters. The first-order valence-electron chi connectivity index (χ1n) is 9.84. The molecule has 0 aromatic carbocycles. The molecule has 0 amide bonds. The molecule has 130 valence electrons. The van der Waals surface area contributed by atoms with Crippen molar-refractivity contribution in [1.29, 1.82) is 0 Å². The van der Waals surface area contributed by atoms with Crippen molar-refractivity contribution in [2.75, 3.05) is 6.61 Å². The van der Waals surface area contributed by atoms with E-state index >= 15 is 0 Å². The Bertz CT molecular complexity index is 242. The van der Waals surface area contributed by atoms with Gasteiger partial charge in [-0.3, -0.25) is 0 Å². The van der Waals surface area contributed by atoms with E-state index in [0.717, 1.165) is 12.8 Å². The van der Waals surface area contributed by atoms with Gasteiger partial charge in [0.25, 0.3) is 0 Å². The van der Waals surface area contributed by atoms with Gasteiger partial charge in [-0.05, 0) is 25.7 Å². The Labute approximate surface area is 139 Å². The smallest absolute Gasteiger partial charge is 0.0433 e. The minimum absolute atomic E-state index is 0.299. The maximum Gasteiger partial charge on any atom is 0.0433 e. The van der Waals surface area contributed by atoms with Crippen LogP contribution in [0.3, 0.4) is 0 Å². The van der Waals surface area contributed by atoms with Gasteiger partial charge in [-0.1, -0.05) is 102 Å². The van der Waals surface area contributed by atoms with E-state index in [1.807, 2.05) is 0 Å². The van der Waals surface area contributed by atoms with Gasteiger partial charge in [0.1, 0.15) is 0 Å². The fourth-order valence-electron chi connectivity index (χ4n) is 2.66. The number of aliphatic hydroxyl groups is 1. The zero-order valence-electron chi connectivity index (χ0n) is 15.1. The molecule has 0 spiro atoms. The number of unbranched alkanes of at least 4 members (excludes halogenated alkanes) is 13. The SMILES string of the molecule is CCCCCCCCCCCCCCC=CC=CCCCO. The Morgan fingerprint density at radius 3 is 1.41 bits per heavy atom. The van der Waals surface area contributed by atoms with Gasteiger partial charge < -0.3 is 5.11 Å². The van der Waals surface area contributed by atoms with Crippen LogP contribution in [0, 0.1) is 0 Å². The summed E-state index contributed by atoms with van der Waals surface area (Å²) in [5.74, 6) is 0. The standard InChI is InChI=1S/C21H40O/c1-2-3-4-5-6-7-8-9-10-11-12-13-14-15-16-17-18-19-20-21-22/h15-18,22H,2-14,19-21H2,1H3. The van der Waals surface area contributed by atoms with Crippen molar-refractivity contribution in [2.24, 2.45) is 0 Å². The van der Waals surface area contributed by atoms with Crippen LogP contribution in [-0.4, -0.2) is 11.7 Å². The monoisotopic (exact) mass is 308 g/mol. The molecular weight excluding hydrogens is 268 g/mol. The summed E-state index contributed by atoms with van der Waals surface area (Å²) in [5.41, 5.74) is 0. The molecule has 0 aliphatic heterocycles. The van der Waals surface area contributed by atoms with Crippen LogP contribution in [0.2, 0.25) is 0 Å². The Morgan fingerprint density at radius 2 is 0.955 bits per heavy atom. The van der Waals surface area contributed by atoms with E-state index < -0.39 is 0 Å². The van der Waals surface area contributed by atoms with Gasteiger partial charge in [-0.25, -0.2) is 0 Å². The zero-order chi connectivity index (χ0) is 16.1. The van der Waals surface area contributed by atoms with E-state index in [0.29, 0.717) is 6.61 Å². The fraction of sp³-hybridized carbons (Fsp3) is 0.810. The summed E-state index contributed by atoms with van der Waals surface area (Å²) in [6.07, 6.45) is 28.8. The molecule has 0 fully saturated rings. The van der Waals surface area contributed by atoms with Crippen molar-refractivity contribution in [3.63, 3.8) is 0 Å². The topological polar surface area (TPSA) is 20.2 Å². The molecule has 0 aromatic rings. The molecule has 0 aromatic heterocycles. The van der Waals surface area contributed by atoms with E-state index in [9.17, 15) is 0 Å².